The van der Waals surface area contributed by atoms with Gasteiger partial charge in [0.05, 0.1) is 20.8 Å². The largest absolute Gasteiger partial charge is 0.354 e. The molecule has 5 heteroatoms. The zero-order valence-electron chi connectivity index (χ0n) is 22.9. The Hall–Kier alpha value is -5.26. The van der Waals surface area contributed by atoms with Crippen LogP contribution in [-0.2, 0) is 0 Å². The molecule has 1 heterocycles. The van der Waals surface area contributed by atoms with Crippen LogP contribution in [0.5, 0.6) is 0 Å². The van der Waals surface area contributed by atoms with Crippen LogP contribution >= 0.6 is 11.3 Å². The monoisotopic (exact) mass is 578 g/mol. The Balaban J connectivity index is 1.51. The summed E-state index contributed by atoms with van der Waals surface area (Å²) in [5, 5.41) is 10.5. The van der Waals surface area contributed by atoms with Gasteiger partial charge >= 0.3 is 0 Å². The van der Waals surface area contributed by atoms with Gasteiger partial charge in [-0.3, -0.25) is 0 Å². The first kappa shape index (κ1) is 25.5. The molecule has 1 N–H and O–H groups in total. The first-order valence-corrected chi connectivity index (χ1v) is 14.9. The van der Waals surface area contributed by atoms with E-state index in [1.807, 2.05) is 30.3 Å². The fraction of sp³-hybridized carbons (Fsp3) is 0. The molecule has 0 spiro atoms. The third kappa shape index (κ3) is 4.37. The van der Waals surface area contributed by atoms with E-state index < -0.39 is 0 Å². The zero-order valence-corrected chi connectivity index (χ0v) is 23.7. The number of hydrogen-bond donors (Lipinski definition) is 1. The Labute approximate surface area is 251 Å². The molecule has 8 aromatic rings. The van der Waals surface area contributed by atoms with E-state index in [2.05, 4.69) is 83.0 Å². The number of fused-ring (bicyclic) bond motifs is 7. The van der Waals surface area contributed by atoms with Gasteiger partial charge in [0, 0.05) is 27.8 Å². The van der Waals surface area contributed by atoms with Gasteiger partial charge in [-0.25, -0.2) is 8.78 Å². The van der Waals surface area contributed by atoms with Gasteiger partial charge in [0.25, 0.3) is 0 Å². The molecule has 0 bridgehead atoms. The van der Waals surface area contributed by atoms with E-state index >= 15 is 0 Å². The smallest absolute Gasteiger partial charge is 0.123 e. The van der Waals surface area contributed by atoms with Gasteiger partial charge in [0.15, 0.2) is 0 Å². The van der Waals surface area contributed by atoms with Crippen LogP contribution in [0.25, 0.3) is 41.7 Å². The van der Waals surface area contributed by atoms with E-state index in [0.717, 1.165) is 48.6 Å². The van der Waals surface area contributed by atoms with Gasteiger partial charge in [-0.2, -0.15) is 0 Å². The van der Waals surface area contributed by atoms with Crippen molar-refractivity contribution in [1.82, 2.24) is 0 Å². The number of nitrogens with zero attached hydrogens (tertiary/aromatic N) is 1. The van der Waals surface area contributed by atoms with Crippen LogP contribution in [0.3, 0.4) is 0 Å². The third-order valence-electron chi connectivity index (χ3n) is 7.90. The summed E-state index contributed by atoms with van der Waals surface area (Å²) in [6.07, 6.45) is 0. The van der Waals surface area contributed by atoms with Crippen LogP contribution in [0.15, 0.2) is 140 Å². The van der Waals surface area contributed by atoms with Gasteiger partial charge in [-0.05, 0) is 94.3 Å². The fourth-order valence-electron chi connectivity index (χ4n) is 5.99. The molecule has 0 saturated carbocycles. The van der Waals surface area contributed by atoms with Gasteiger partial charge in [0.1, 0.15) is 11.6 Å². The van der Waals surface area contributed by atoms with Crippen molar-refractivity contribution >= 4 is 81.5 Å². The van der Waals surface area contributed by atoms with Crippen molar-refractivity contribution in [3.63, 3.8) is 0 Å². The number of anilines is 5. The van der Waals surface area contributed by atoms with Crippen LogP contribution in [0.1, 0.15) is 0 Å². The molecule has 0 radical (unpaired) electrons. The summed E-state index contributed by atoms with van der Waals surface area (Å²) in [6, 6.07) is 44.7. The first-order valence-electron chi connectivity index (χ1n) is 14.1. The number of thiophene rings is 1. The molecular formula is C38H24F2N2S. The average Bonchev–Trinajstić information content (AvgIpc) is 3.46. The summed E-state index contributed by atoms with van der Waals surface area (Å²) in [5.74, 6) is -0.542. The molecule has 0 fully saturated rings. The molecular weight excluding hydrogens is 554 g/mol. The highest BCUT2D eigenvalue weighted by Crippen LogP contribution is 2.51. The number of hydrogen-bond acceptors (Lipinski definition) is 3. The van der Waals surface area contributed by atoms with Crippen molar-refractivity contribution in [2.45, 2.75) is 0 Å². The lowest BCUT2D eigenvalue weighted by atomic mass is 9.97. The van der Waals surface area contributed by atoms with Crippen LogP contribution in [-0.4, -0.2) is 0 Å². The van der Waals surface area contributed by atoms with E-state index in [9.17, 15) is 8.78 Å². The highest BCUT2D eigenvalue weighted by molar-refractivity contribution is 7.27. The second-order valence-electron chi connectivity index (χ2n) is 10.6. The minimum absolute atomic E-state index is 0.269. The highest BCUT2D eigenvalue weighted by atomic mass is 32.1. The first-order chi connectivity index (χ1) is 21.1. The van der Waals surface area contributed by atoms with Crippen molar-refractivity contribution in [2.75, 3.05) is 10.2 Å². The quantitative estimate of drug-likeness (QED) is 0.219. The molecule has 7 aromatic carbocycles. The van der Waals surface area contributed by atoms with Crippen molar-refractivity contribution in [3.8, 4) is 0 Å². The Morgan fingerprint density at radius 3 is 1.72 bits per heavy atom. The minimum atomic E-state index is -0.273. The van der Waals surface area contributed by atoms with Crippen molar-refractivity contribution in [1.29, 1.82) is 0 Å². The van der Waals surface area contributed by atoms with E-state index in [1.165, 1.54) is 45.8 Å². The van der Waals surface area contributed by atoms with Crippen LogP contribution in [0.4, 0.5) is 37.2 Å². The van der Waals surface area contributed by atoms with E-state index in [-0.39, 0.29) is 11.6 Å². The Bertz CT molecular complexity index is 2280. The maximum atomic E-state index is 14.1. The molecule has 1 aromatic heterocycles. The lowest BCUT2D eigenvalue weighted by molar-refractivity contribution is 0.627. The molecule has 0 aliphatic rings. The molecule has 0 amide bonds. The number of benzene rings is 7. The summed E-state index contributed by atoms with van der Waals surface area (Å²) in [4.78, 5) is 2.21. The van der Waals surface area contributed by atoms with E-state index in [1.54, 1.807) is 23.5 Å². The molecule has 2 nitrogen and oxygen atoms in total. The van der Waals surface area contributed by atoms with Crippen LogP contribution < -0.4 is 10.2 Å². The lowest BCUT2D eigenvalue weighted by Crippen LogP contribution is -2.10. The molecule has 8 rings (SSSR count). The van der Waals surface area contributed by atoms with Gasteiger partial charge in [0.2, 0.25) is 0 Å². The number of halogens is 2. The van der Waals surface area contributed by atoms with Crippen LogP contribution in [0, 0.1) is 11.6 Å². The molecule has 0 unspecified atom stereocenters. The predicted octanol–water partition coefficient (Wildman–Crippen LogP) is 11.9. The molecule has 0 saturated heterocycles. The second kappa shape index (κ2) is 10.2. The topological polar surface area (TPSA) is 15.3 Å². The SMILES string of the molecule is Fc1ccc(Nc2cc3ccccc3c3c2sc2c(N(c4ccccc4)c4ccc(F)cc4)cc4ccccc4c23)cc1. The zero-order chi connectivity index (χ0) is 28.9. The normalized spacial score (nSPS) is 11.5. The highest BCUT2D eigenvalue weighted by Gasteiger charge is 2.23. The summed E-state index contributed by atoms with van der Waals surface area (Å²) in [6.45, 7) is 0. The number of para-hydroxylation sites is 1. The summed E-state index contributed by atoms with van der Waals surface area (Å²) >= 11 is 1.74. The Morgan fingerprint density at radius 2 is 1.05 bits per heavy atom. The summed E-state index contributed by atoms with van der Waals surface area (Å²) in [7, 11) is 0. The predicted molar refractivity (Wildman–Crippen MR) is 179 cm³/mol. The van der Waals surface area contributed by atoms with E-state index in [0.29, 0.717) is 0 Å². The maximum absolute atomic E-state index is 14.1. The van der Waals surface area contributed by atoms with Gasteiger partial charge < -0.3 is 10.2 Å². The van der Waals surface area contributed by atoms with Gasteiger partial charge in [-0.15, -0.1) is 11.3 Å². The average molecular weight is 579 g/mol. The third-order valence-corrected chi connectivity index (χ3v) is 9.15. The minimum Gasteiger partial charge on any atom is -0.354 e. The number of rotatable bonds is 5. The number of nitrogens with one attached hydrogen (secondary N) is 1. The molecule has 0 aliphatic heterocycles. The second-order valence-corrected chi connectivity index (χ2v) is 11.6. The fourth-order valence-corrected chi connectivity index (χ4v) is 7.30. The molecule has 0 atom stereocenters. The van der Waals surface area contributed by atoms with Crippen molar-refractivity contribution in [2.24, 2.45) is 0 Å². The lowest BCUT2D eigenvalue weighted by Gasteiger charge is -2.26. The summed E-state index contributed by atoms with van der Waals surface area (Å²) in [5.41, 5.74) is 4.65. The standard InChI is InChI=1S/C38H24F2N2S/c39-26-14-18-28(19-15-26)41-33-22-24-8-4-6-12-31(24)35-36-32-13-7-5-9-25(32)23-34(38(36)43-37(33)35)42(29-10-2-1-3-11-29)30-20-16-27(40)17-21-30/h1-23,41H. The Morgan fingerprint density at radius 1 is 0.512 bits per heavy atom. The van der Waals surface area contributed by atoms with Crippen LogP contribution in [0.2, 0.25) is 0 Å². The Kier molecular flexibility index (Phi) is 6.05. The maximum Gasteiger partial charge on any atom is 0.123 e. The summed E-state index contributed by atoms with van der Waals surface area (Å²) < 4.78 is 30.1. The van der Waals surface area contributed by atoms with Crippen molar-refractivity contribution < 1.29 is 8.78 Å². The molecule has 206 valence electrons. The van der Waals surface area contributed by atoms with Crippen molar-refractivity contribution in [3.05, 3.63) is 151 Å². The van der Waals surface area contributed by atoms with Gasteiger partial charge in [-0.1, -0.05) is 66.7 Å². The molecule has 0 aliphatic carbocycles. The van der Waals surface area contributed by atoms with E-state index in [4.69, 9.17) is 0 Å². The molecule has 43 heavy (non-hydrogen) atoms.